The lowest BCUT2D eigenvalue weighted by atomic mass is 9.76. The first-order chi connectivity index (χ1) is 12.7. The summed E-state index contributed by atoms with van der Waals surface area (Å²) in [7, 11) is -0.291. The van der Waals surface area contributed by atoms with Crippen molar-refractivity contribution in [3.05, 3.63) is 41.7 Å². The molecular formula is C19H25N3O4S. The Bertz CT molecular complexity index is 911. The van der Waals surface area contributed by atoms with E-state index >= 15 is 0 Å². The number of hydrogen-bond acceptors (Lipinski definition) is 6. The van der Waals surface area contributed by atoms with E-state index in [2.05, 4.69) is 10.5 Å². The number of amides is 1. The second-order valence-corrected chi connectivity index (χ2v) is 9.28. The number of nitrogens with zero attached hydrogens (tertiary/aromatic N) is 2. The van der Waals surface area contributed by atoms with Gasteiger partial charge in [-0.3, -0.25) is 4.79 Å². The quantitative estimate of drug-likeness (QED) is 0.836. The van der Waals surface area contributed by atoms with E-state index in [-0.39, 0.29) is 15.8 Å². The second-order valence-electron chi connectivity index (χ2n) is 7.38. The number of aromatic nitrogens is 1. The number of sulfone groups is 1. The summed E-state index contributed by atoms with van der Waals surface area (Å²) in [4.78, 5) is 14.5. The zero-order valence-electron chi connectivity index (χ0n) is 15.9. The van der Waals surface area contributed by atoms with Crippen molar-refractivity contribution in [2.24, 2.45) is 5.41 Å². The Morgan fingerprint density at radius 3 is 2.59 bits per heavy atom. The zero-order valence-corrected chi connectivity index (χ0v) is 16.7. The van der Waals surface area contributed by atoms with Gasteiger partial charge in [-0.25, -0.2) is 8.42 Å². The lowest BCUT2D eigenvalue weighted by Crippen LogP contribution is -2.51. The van der Waals surface area contributed by atoms with Gasteiger partial charge in [0.2, 0.25) is 20.8 Å². The van der Waals surface area contributed by atoms with Crippen molar-refractivity contribution in [3.63, 3.8) is 0 Å². The van der Waals surface area contributed by atoms with Gasteiger partial charge in [-0.2, -0.15) is 0 Å². The van der Waals surface area contributed by atoms with Crippen LogP contribution in [0, 0.1) is 12.3 Å². The number of carbonyl (C=O) groups is 1. The maximum atomic E-state index is 12.8. The molecule has 0 bridgehead atoms. The normalized spacial score (nSPS) is 20.4. The maximum Gasteiger partial charge on any atom is 0.230 e. The average Bonchev–Trinajstić information content (AvgIpc) is 3.11. The minimum atomic E-state index is -3.75. The first-order valence-electron chi connectivity index (χ1n) is 8.94. The summed E-state index contributed by atoms with van der Waals surface area (Å²) in [5, 5.41) is 6.92. The van der Waals surface area contributed by atoms with E-state index in [0.29, 0.717) is 18.7 Å². The number of aryl methyl sites for hydroxylation is 1. The Balaban J connectivity index is 1.88. The molecule has 146 valence electrons. The molecule has 0 saturated carbocycles. The summed E-state index contributed by atoms with van der Waals surface area (Å²) in [6.07, 6.45) is 1.91. The van der Waals surface area contributed by atoms with Gasteiger partial charge < -0.3 is 14.7 Å². The molecule has 3 rings (SSSR count). The lowest BCUT2D eigenvalue weighted by molar-refractivity contribution is -0.140. The van der Waals surface area contributed by atoms with Crippen LogP contribution in [0.25, 0.3) is 0 Å². The van der Waals surface area contributed by atoms with E-state index in [1.165, 1.54) is 6.07 Å². The average molecular weight is 391 g/mol. The Kier molecular flexibility index (Phi) is 5.39. The SMILES string of the molecule is Cc1ccc(S(=O)(=O)c2cc(CC3(C(=O)N(C)C)CCCNC3)on2)cc1. The van der Waals surface area contributed by atoms with Gasteiger partial charge in [0.25, 0.3) is 0 Å². The van der Waals surface area contributed by atoms with Crippen LogP contribution in [0.3, 0.4) is 0 Å². The van der Waals surface area contributed by atoms with Gasteiger partial charge >= 0.3 is 0 Å². The van der Waals surface area contributed by atoms with Crippen LogP contribution in [-0.2, 0) is 21.1 Å². The predicted octanol–water partition coefficient (Wildman–Crippen LogP) is 1.82. The Labute approximate surface area is 159 Å². The van der Waals surface area contributed by atoms with Crippen LogP contribution >= 0.6 is 0 Å². The molecule has 1 unspecified atom stereocenters. The molecule has 1 aromatic carbocycles. The number of nitrogens with one attached hydrogen (secondary N) is 1. The van der Waals surface area contributed by atoms with Gasteiger partial charge in [-0.15, -0.1) is 0 Å². The van der Waals surface area contributed by atoms with Gasteiger partial charge in [-0.05, 0) is 38.4 Å². The minimum absolute atomic E-state index is 0.00837. The molecule has 1 saturated heterocycles. The number of benzene rings is 1. The highest BCUT2D eigenvalue weighted by Crippen LogP contribution is 2.33. The van der Waals surface area contributed by atoms with Gasteiger partial charge in [0.15, 0.2) is 0 Å². The van der Waals surface area contributed by atoms with Crippen molar-refractivity contribution in [1.82, 2.24) is 15.4 Å². The van der Waals surface area contributed by atoms with Crippen LogP contribution in [0.15, 0.2) is 44.8 Å². The predicted molar refractivity (Wildman–Crippen MR) is 100 cm³/mol. The number of rotatable bonds is 5. The van der Waals surface area contributed by atoms with Gasteiger partial charge in [-0.1, -0.05) is 22.9 Å². The third-order valence-electron chi connectivity index (χ3n) is 4.99. The lowest BCUT2D eigenvalue weighted by Gasteiger charge is -2.37. The fourth-order valence-corrected chi connectivity index (χ4v) is 4.68. The van der Waals surface area contributed by atoms with Crippen molar-refractivity contribution in [2.75, 3.05) is 27.2 Å². The molecule has 1 fully saturated rings. The fraction of sp³-hybridized carbons (Fsp3) is 0.474. The molecule has 1 amide bonds. The molecule has 0 aliphatic carbocycles. The minimum Gasteiger partial charge on any atom is -0.360 e. The van der Waals surface area contributed by atoms with E-state index in [9.17, 15) is 13.2 Å². The summed E-state index contributed by atoms with van der Waals surface area (Å²) in [6.45, 7) is 3.29. The van der Waals surface area contributed by atoms with Crippen molar-refractivity contribution in [3.8, 4) is 0 Å². The molecule has 1 aromatic heterocycles. The molecule has 27 heavy (non-hydrogen) atoms. The molecule has 1 N–H and O–H groups in total. The number of hydrogen-bond donors (Lipinski definition) is 1. The third kappa shape index (κ3) is 3.91. The zero-order chi connectivity index (χ0) is 19.7. The monoisotopic (exact) mass is 391 g/mol. The molecule has 7 nitrogen and oxygen atoms in total. The molecular weight excluding hydrogens is 366 g/mol. The standard InChI is InChI=1S/C19H25N3O4S/c1-14-5-7-16(8-6-14)27(24,25)17-11-15(26-21-17)12-19(18(23)22(2)3)9-4-10-20-13-19/h5-8,11,20H,4,9-10,12-13H2,1-3H3. The molecule has 0 spiro atoms. The van der Waals surface area contributed by atoms with E-state index in [1.807, 2.05) is 6.92 Å². The smallest absolute Gasteiger partial charge is 0.230 e. The van der Waals surface area contributed by atoms with Crippen LogP contribution in [0.2, 0.25) is 0 Å². The van der Waals surface area contributed by atoms with Crippen LogP contribution in [-0.4, -0.2) is 51.6 Å². The first kappa shape index (κ1) is 19.6. The molecule has 1 atom stereocenters. The maximum absolute atomic E-state index is 12.8. The van der Waals surface area contributed by atoms with Crippen LogP contribution < -0.4 is 5.32 Å². The second kappa shape index (κ2) is 7.44. The fourth-order valence-electron chi connectivity index (χ4n) is 3.53. The first-order valence-corrected chi connectivity index (χ1v) is 10.4. The van der Waals surface area contributed by atoms with Crippen molar-refractivity contribution < 1.29 is 17.7 Å². The van der Waals surface area contributed by atoms with Crippen LogP contribution in [0.1, 0.15) is 24.2 Å². The van der Waals surface area contributed by atoms with Crippen molar-refractivity contribution in [1.29, 1.82) is 0 Å². The molecule has 1 aliphatic rings. The summed E-state index contributed by atoms with van der Waals surface area (Å²) < 4.78 is 30.9. The van der Waals surface area contributed by atoms with Gasteiger partial charge in [0.05, 0.1) is 10.3 Å². The highest BCUT2D eigenvalue weighted by atomic mass is 32.2. The highest BCUT2D eigenvalue weighted by molar-refractivity contribution is 7.91. The Hall–Kier alpha value is -2.19. The van der Waals surface area contributed by atoms with E-state index in [1.54, 1.807) is 43.3 Å². The molecule has 2 aromatic rings. The Morgan fingerprint density at radius 2 is 2.00 bits per heavy atom. The van der Waals surface area contributed by atoms with E-state index in [4.69, 9.17) is 4.52 Å². The molecule has 8 heteroatoms. The van der Waals surface area contributed by atoms with Gasteiger partial charge in [0.1, 0.15) is 5.76 Å². The molecule has 2 heterocycles. The summed E-state index contributed by atoms with van der Waals surface area (Å²) in [5.74, 6) is 0.411. The van der Waals surface area contributed by atoms with Crippen molar-refractivity contribution >= 4 is 15.7 Å². The van der Waals surface area contributed by atoms with Crippen molar-refractivity contribution in [2.45, 2.75) is 36.1 Å². The Morgan fingerprint density at radius 1 is 1.30 bits per heavy atom. The number of carbonyl (C=O) groups excluding carboxylic acids is 1. The summed E-state index contributed by atoms with van der Waals surface area (Å²) >= 11 is 0. The number of piperidine rings is 1. The largest absolute Gasteiger partial charge is 0.360 e. The van der Waals surface area contributed by atoms with E-state index < -0.39 is 15.3 Å². The third-order valence-corrected chi connectivity index (χ3v) is 6.62. The van der Waals surface area contributed by atoms with E-state index in [0.717, 1.165) is 24.9 Å². The van der Waals surface area contributed by atoms with Crippen LogP contribution in [0.5, 0.6) is 0 Å². The highest BCUT2D eigenvalue weighted by Gasteiger charge is 2.42. The van der Waals surface area contributed by atoms with Gasteiger partial charge in [0, 0.05) is 33.1 Å². The topological polar surface area (TPSA) is 92.5 Å². The van der Waals surface area contributed by atoms with Crippen LogP contribution in [0.4, 0.5) is 0 Å². The molecule has 0 radical (unpaired) electrons. The summed E-state index contributed by atoms with van der Waals surface area (Å²) in [6, 6.07) is 8.04. The molecule has 1 aliphatic heterocycles. The summed E-state index contributed by atoms with van der Waals surface area (Å²) in [5.41, 5.74) is 0.329.